The molecule has 1 unspecified atom stereocenters. The highest BCUT2D eigenvalue weighted by molar-refractivity contribution is 5.87. The average Bonchev–Trinajstić information content (AvgIpc) is 2.95. The Morgan fingerprint density at radius 1 is 0.974 bits per heavy atom. The second kappa shape index (κ2) is 13.9. The van der Waals surface area contributed by atoms with Crippen LogP contribution in [0.15, 0.2) is 54.6 Å². The molecule has 2 atom stereocenters. The third kappa shape index (κ3) is 7.67. The van der Waals surface area contributed by atoms with E-state index in [0.717, 1.165) is 58.2 Å². The smallest absolute Gasteiger partial charge is 0.242 e. The van der Waals surface area contributed by atoms with Gasteiger partial charge in [-0.2, -0.15) is 0 Å². The van der Waals surface area contributed by atoms with Gasteiger partial charge in [-0.1, -0.05) is 54.6 Å². The number of aryl methyl sites for hydroxylation is 1. The summed E-state index contributed by atoms with van der Waals surface area (Å²) in [6, 6.07) is 19.0. The first-order valence-corrected chi connectivity index (χ1v) is 14.5. The second-order valence-corrected chi connectivity index (χ2v) is 11.4. The summed E-state index contributed by atoms with van der Waals surface area (Å²) >= 11 is 0. The van der Waals surface area contributed by atoms with Crippen molar-refractivity contribution in [1.29, 1.82) is 0 Å². The van der Waals surface area contributed by atoms with Crippen molar-refractivity contribution in [3.63, 3.8) is 0 Å². The van der Waals surface area contributed by atoms with E-state index in [2.05, 4.69) is 71.7 Å². The van der Waals surface area contributed by atoms with Crippen LogP contribution in [0, 0.1) is 18.8 Å². The number of nitrogens with one attached hydrogen (secondary N) is 1. The number of hydrogen-bond donors (Lipinski definition) is 2. The summed E-state index contributed by atoms with van der Waals surface area (Å²) in [6.45, 7) is 7.61. The minimum atomic E-state index is -0.414. The van der Waals surface area contributed by atoms with E-state index in [1.165, 1.54) is 16.7 Å². The first-order chi connectivity index (χ1) is 18.4. The summed E-state index contributed by atoms with van der Waals surface area (Å²) in [5.74, 6) is 1.13. The van der Waals surface area contributed by atoms with E-state index in [0.29, 0.717) is 31.3 Å². The van der Waals surface area contributed by atoms with Crippen LogP contribution in [0.25, 0.3) is 0 Å². The monoisotopic (exact) mass is 518 g/mol. The van der Waals surface area contributed by atoms with E-state index in [1.54, 1.807) is 11.8 Å². The number of rotatable bonds is 10. The number of likely N-dealkylation sites (tertiary alicyclic amines) is 1. The molecular formula is C32H46N4O2. The van der Waals surface area contributed by atoms with Gasteiger partial charge in [0.25, 0.3) is 0 Å². The normalized spacial score (nSPS) is 23.8. The summed E-state index contributed by atoms with van der Waals surface area (Å²) in [5.41, 5.74) is 9.78. The highest BCUT2D eigenvalue weighted by atomic mass is 16.2. The Morgan fingerprint density at radius 3 is 2.34 bits per heavy atom. The molecule has 4 rings (SSSR count). The zero-order valence-electron chi connectivity index (χ0n) is 23.3. The largest absolute Gasteiger partial charge is 0.354 e. The molecule has 6 nitrogen and oxygen atoms in total. The zero-order valence-corrected chi connectivity index (χ0v) is 23.3. The molecule has 38 heavy (non-hydrogen) atoms. The number of benzene rings is 2. The number of carbonyl (C=O) groups is 2. The topological polar surface area (TPSA) is 78.7 Å². The Balaban J connectivity index is 1.44. The molecule has 0 radical (unpaired) electrons. The van der Waals surface area contributed by atoms with Crippen LogP contribution in [0.5, 0.6) is 0 Å². The van der Waals surface area contributed by atoms with Gasteiger partial charge in [0.2, 0.25) is 11.8 Å². The van der Waals surface area contributed by atoms with Crippen LogP contribution in [0.2, 0.25) is 0 Å². The molecule has 2 aromatic rings. The van der Waals surface area contributed by atoms with Crippen molar-refractivity contribution in [2.75, 3.05) is 26.2 Å². The molecule has 206 valence electrons. The highest BCUT2D eigenvalue weighted by Crippen LogP contribution is 2.28. The lowest BCUT2D eigenvalue weighted by atomic mass is 9.82. The molecule has 1 aliphatic carbocycles. The SMILES string of the molecule is CC(=O)N1CCC(N(CCc2ccccc2)Cc2ccccc2C)C[C@@H]1C(=O)NCC1CCC(CN)CC1. The maximum Gasteiger partial charge on any atom is 0.242 e. The molecule has 1 aliphatic heterocycles. The molecule has 6 heteroatoms. The minimum Gasteiger partial charge on any atom is -0.354 e. The number of amides is 2. The molecule has 2 amide bonds. The first-order valence-electron chi connectivity index (χ1n) is 14.5. The van der Waals surface area contributed by atoms with Gasteiger partial charge in [0.15, 0.2) is 0 Å². The van der Waals surface area contributed by atoms with Gasteiger partial charge in [0.05, 0.1) is 0 Å². The number of carbonyl (C=O) groups excluding carboxylic acids is 2. The standard InChI is InChI=1S/C32H46N4O2/c1-24-8-6-7-11-29(24)23-35(18-16-26-9-4-3-5-10-26)30-17-19-36(25(2)37)31(20-30)32(38)34-22-28-14-12-27(21-33)13-15-28/h3-11,27-28,30-31H,12-23,33H2,1-2H3,(H,34,38)/t27?,28?,30?,31-/m1/s1. The molecular weight excluding hydrogens is 472 g/mol. The average molecular weight is 519 g/mol. The maximum atomic E-state index is 13.5. The molecule has 2 fully saturated rings. The summed E-state index contributed by atoms with van der Waals surface area (Å²) in [5, 5.41) is 3.23. The van der Waals surface area contributed by atoms with Gasteiger partial charge in [-0.05, 0) is 86.9 Å². The van der Waals surface area contributed by atoms with Crippen molar-refractivity contribution >= 4 is 11.8 Å². The number of nitrogens with zero attached hydrogens (tertiary/aromatic N) is 2. The fourth-order valence-electron chi connectivity index (χ4n) is 6.25. The Labute approximate surface area is 229 Å². The Kier molecular flexibility index (Phi) is 10.4. The first kappa shape index (κ1) is 28.3. The van der Waals surface area contributed by atoms with Crippen molar-refractivity contribution in [3.8, 4) is 0 Å². The Bertz CT molecular complexity index is 1030. The quantitative estimate of drug-likeness (QED) is 0.492. The van der Waals surface area contributed by atoms with Gasteiger partial charge in [0, 0.05) is 39.1 Å². The van der Waals surface area contributed by atoms with E-state index < -0.39 is 6.04 Å². The molecule has 0 aromatic heterocycles. The fraction of sp³-hybridized carbons (Fsp3) is 0.562. The van der Waals surface area contributed by atoms with Crippen molar-refractivity contribution < 1.29 is 9.59 Å². The third-order valence-corrected chi connectivity index (χ3v) is 8.83. The lowest BCUT2D eigenvalue weighted by Gasteiger charge is -2.43. The number of nitrogens with two attached hydrogens (primary N) is 1. The van der Waals surface area contributed by atoms with Gasteiger partial charge < -0.3 is 16.0 Å². The van der Waals surface area contributed by atoms with Crippen LogP contribution >= 0.6 is 0 Å². The number of piperidine rings is 1. The van der Waals surface area contributed by atoms with Crippen molar-refractivity contribution in [2.24, 2.45) is 17.6 Å². The van der Waals surface area contributed by atoms with E-state index in [1.807, 2.05) is 0 Å². The second-order valence-electron chi connectivity index (χ2n) is 11.4. The lowest BCUT2D eigenvalue weighted by Crippen LogP contribution is -2.57. The maximum absolute atomic E-state index is 13.5. The highest BCUT2D eigenvalue weighted by Gasteiger charge is 2.37. The number of hydrogen-bond acceptors (Lipinski definition) is 4. The van der Waals surface area contributed by atoms with Gasteiger partial charge in [0.1, 0.15) is 6.04 Å². The van der Waals surface area contributed by atoms with Crippen LogP contribution in [0.3, 0.4) is 0 Å². The summed E-state index contributed by atoms with van der Waals surface area (Å²) in [6.07, 6.45) is 7.06. The Hall–Kier alpha value is -2.70. The van der Waals surface area contributed by atoms with Crippen LogP contribution in [-0.4, -0.2) is 59.9 Å². The molecule has 2 aliphatic rings. The predicted molar refractivity (Wildman–Crippen MR) is 153 cm³/mol. The van der Waals surface area contributed by atoms with Crippen molar-refractivity contribution in [2.45, 2.75) is 77.4 Å². The molecule has 3 N–H and O–H groups in total. The summed E-state index contributed by atoms with van der Waals surface area (Å²) in [4.78, 5) is 30.4. The van der Waals surface area contributed by atoms with E-state index >= 15 is 0 Å². The molecule has 2 aromatic carbocycles. The van der Waals surface area contributed by atoms with Crippen LogP contribution < -0.4 is 11.1 Å². The fourth-order valence-corrected chi connectivity index (χ4v) is 6.25. The third-order valence-electron chi connectivity index (χ3n) is 8.83. The minimum absolute atomic E-state index is 0.00440. The van der Waals surface area contributed by atoms with Crippen LogP contribution in [-0.2, 0) is 22.6 Å². The van der Waals surface area contributed by atoms with Crippen LogP contribution in [0.4, 0.5) is 0 Å². The Morgan fingerprint density at radius 2 is 1.66 bits per heavy atom. The molecule has 1 saturated carbocycles. The van der Waals surface area contributed by atoms with E-state index in [-0.39, 0.29) is 17.9 Å². The van der Waals surface area contributed by atoms with Gasteiger partial charge in [-0.15, -0.1) is 0 Å². The van der Waals surface area contributed by atoms with Gasteiger partial charge >= 0.3 is 0 Å². The van der Waals surface area contributed by atoms with E-state index in [9.17, 15) is 9.59 Å². The van der Waals surface area contributed by atoms with E-state index in [4.69, 9.17) is 5.73 Å². The van der Waals surface area contributed by atoms with Crippen molar-refractivity contribution in [3.05, 3.63) is 71.3 Å². The lowest BCUT2D eigenvalue weighted by molar-refractivity contribution is -0.142. The molecule has 1 heterocycles. The van der Waals surface area contributed by atoms with Gasteiger partial charge in [-0.25, -0.2) is 0 Å². The molecule has 1 saturated heterocycles. The summed E-state index contributed by atoms with van der Waals surface area (Å²) < 4.78 is 0. The summed E-state index contributed by atoms with van der Waals surface area (Å²) in [7, 11) is 0. The van der Waals surface area contributed by atoms with Gasteiger partial charge in [-0.3, -0.25) is 14.5 Å². The zero-order chi connectivity index (χ0) is 26.9. The molecule has 0 spiro atoms. The van der Waals surface area contributed by atoms with Crippen molar-refractivity contribution in [1.82, 2.24) is 15.1 Å². The van der Waals surface area contributed by atoms with Crippen LogP contribution in [0.1, 0.15) is 62.1 Å². The molecule has 0 bridgehead atoms. The predicted octanol–water partition coefficient (Wildman–Crippen LogP) is 4.30.